The van der Waals surface area contributed by atoms with Crippen LogP contribution < -0.4 is 10.6 Å². The third-order valence-electron chi connectivity index (χ3n) is 4.84. The molecule has 2 heterocycles. The molecular weight excluding hydrogens is 360 g/mol. The Kier molecular flexibility index (Phi) is 5.41. The van der Waals surface area contributed by atoms with Crippen LogP contribution in [0.1, 0.15) is 32.1 Å². The quantitative estimate of drug-likeness (QED) is 0.627. The highest BCUT2D eigenvalue weighted by Gasteiger charge is 2.16. The van der Waals surface area contributed by atoms with E-state index in [0.717, 1.165) is 24.5 Å². The van der Waals surface area contributed by atoms with Crippen LogP contribution in [0, 0.1) is 11.6 Å². The van der Waals surface area contributed by atoms with E-state index in [9.17, 15) is 8.78 Å². The summed E-state index contributed by atoms with van der Waals surface area (Å²) in [5.41, 5.74) is 1.50. The smallest absolute Gasteiger partial charge is 0.225 e. The maximum Gasteiger partial charge on any atom is 0.225 e. The minimum atomic E-state index is -0.939. The molecule has 0 saturated heterocycles. The van der Waals surface area contributed by atoms with Crippen LogP contribution in [0.15, 0.2) is 48.8 Å². The first-order valence-electron chi connectivity index (χ1n) is 9.46. The molecule has 4 rings (SSSR count). The molecule has 1 aromatic carbocycles. The van der Waals surface area contributed by atoms with E-state index in [2.05, 4.69) is 25.6 Å². The van der Waals surface area contributed by atoms with Crippen molar-refractivity contribution in [1.82, 2.24) is 15.0 Å². The Bertz CT molecular complexity index is 943. The molecule has 0 aliphatic heterocycles. The van der Waals surface area contributed by atoms with E-state index in [1.807, 2.05) is 12.1 Å². The van der Waals surface area contributed by atoms with Crippen LogP contribution in [0.25, 0.3) is 11.3 Å². The average molecular weight is 381 g/mol. The zero-order chi connectivity index (χ0) is 19.3. The van der Waals surface area contributed by atoms with E-state index >= 15 is 0 Å². The highest BCUT2D eigenvalue weighted by molar-refractivity contribution is 5.67. The number of rotatable bonds is 5. The lowest BCUT2D eigenvalue weighted by molar-refractivity contribution is 0.461. The van der Waals surface area contributed by atoms with Crippen molar-refractivity contribution in [3.05, 3.63) is 60.4 Å². The lowest BCUT2D eigenvalue weighted by Gasteiger charge is -2.23. The number of hydrogen-bond donors (Lipinski definition) is 2. The molecule has 2 N–H and O–H groups in total. The monoisotopic (exact) mass is 381 g/mol. The van der Waals surface area contributed by atoms with Crippen molar-refractivity contribution in [1.29, 1.82) is 0 Å². The predicted molar refractivity (Wildman–Crippen MR) is 105 cm³/mol. The van der Waals surface area contributed by atoms with Gasteiger partial charge in [0.25, 0.3) is 0 Å². The standard InChI is InChI=1S/C21H21F2N5/c22-16-9-4-10-17(20(16)23)26-19-12-18(14-6-5-11-24-13-14)27-21(28-19)25-15-7-2-1-3-8-15/h4-6,9-13,15H,1-3,7-8H2,(H2,25,26,27,28). The van der Waals surface area contributed by atoms with Gasteiger partial charge in [-0.1, -0.05) is 25.3 Å². The SMILES string of the molecule is Fc1cccc(Nc2cc(-c3cccnc3)nc(NC3CCCCC3)n2)c1F. The zero-order valence-electron chi connectivity index (χ0n) is 15.3. The summed E-state index contributed by atoms with van der Waals surface area (Å²) in [6, 6.07) is 9.74. The Balaban J connectivity index is 1.68. The number of nitrogens with zero attached hydrogens (tertiary/aromatic N) is 3. The van der Waals surface area contributed by atoms with Gasteiger partial charge in [-0.15, -0.1) is 0 Å². The minimum Gasteiger partial charge on any atom is -0.351 e. The molecule has 0 radical (unpaired) electrons. The molecule has 7 heteroatoms. The van der Waals surface area contributed by atoms with Gasteiger partial charge in [0, 0.05) is 30.1 Å². The van der Waals surface area contributed by atoms with Crippen LogP contribution in [0.4, 0.5) is 26.2 Å². The van der Waals surface area contributed by atoms with E-state index in [1.54, 1.807) is 18.5 Å². The molecule has 5 nitrogen and oxygen atoms in total. The summed E-state index contributed by atoms with van der Waals surface area (Å²) in [7, 11) is 0. The van der Waals surface area contributed by atoms with Crippen molar-refractivity contribution in [3.8, 4) is 11.3 Å². The Morgan fingerprint density at radius 1 is 0.964 bits per heavy atom. The summed E-state index contributed by atoms with van der Waals surface area (Å²) in [6.07, 6.45) is 9.15. The number of pyridine rings is 1. The number of benzene rings is 1. The van der Waals surface area contributed by atoms with Gasteiger partial charge in [0.05, 0.1) is 11.4 Å². The second kappa shape index (κ2) is 8.29. The van der Waals surface area contributed by atoms with Crippen molar-refractivity contribution in [3.63, 3.8) is 0 Å². The van der Waals surface area contributed by atoms with Gasteiger partial charge < -0.3 is 10.6 Å². The highest BCUT2D eigenvalue weighted by atomic mass is 19.2. The molecule has 0 amide bonds. The second-order valence-electron chi connectivity index (χ2n) is 6.91. The molecule has 0 bridgehead atoms. The summed E-state index contributed by atoms with van der Waals surface area (Å²) >= 11 is 0. The van der Waals surface area contributed by atoms with E-state index in [4.69, 9.17) is 0 Å². The molecular formula is C21H21F2N5. The van der Waals surface area contributed by atoms with Crippen LogP contribution >= 0.6 is 0 Å². The van der Waals surface area contributed by atoms with Gasteiger partial charge in [-0.25, -0.2) is 13.8 Å². The minimum absolute atomic E-state index is 0.0273. The van der Waals surface area contributed by atoms with Gasteiger partial charge in [0.1, 0.15) is 5.82 Å². The van der Waals surface area contributed by atoms with Crippen LogP contribution in [0.3, 0.4) is 0 Å². The molecule has 1 aliphatic carbocycles. The fourth-order valence-electron chi connectivity index (χ4n) is 3.41. The van der Waals surface area contributed by atoms with Gasteiger partial charge in [0.15, 0.2) is 11.6 Å². The average Bonchev–Trinajstić information content (AvgIpc) is 2.73. The van der Waals surface area contributed by atoms with Crippen molar-refractivity contribution >= 4 is 17.5 Å². The fourth-order valence-corrected chi connectivity index (χ4v) is 3.41. The normalized spacial score (nSPS) is 14.6. The van der Waals surface area contributed by atoms with Crippen molar-refractivity contribution < 1.29 is 8.78 Å². The number of hydrogen-bond acceptors (Lipinski definition) is 5. The van der Waals surface area contributed by atoms with Crippen molar-refractivity contribution in [2.45, 2.75) is 38.1 Å². The Morgan fingerprint density at radius 3 is 2.61 bits per heavy atom. The molecule has 0 spiro atoms. The van der Waals surface area contributed by atoms with Crippen LogP contribution in [0.2, 0.25) is 0 Å². The first-order chi connectivity index (χ1) is 13.7. The first kappa shape index (κ1) is 18.3. The topological polar surface area (TPSA) is 62.7 Å². The lowest BCUT2D eigenvalue weighted by Crippen LogP contribution is -2.23. The maximum absolute atomic E-state index is 14.1. The molecule has 0 unspecified atom stereocenters. The Morgan fingerprint density at radius 2 is 1.82 bits per heavy atom. The van der Waals surface area contributed by atoms with Crippen molar-refractivity contribution in [2.24, 2.45) is 0 Å². The second-order valence-corrected chi connectivity index (χ2v) is 6.91. The summed E-state index contributed by atoms with van der Waals surface area (Å²) in [4.78, 5) is 13.2. The van der Waals surface area contributed by atoms with Crippen LogP contribution in [-0.4, -0.2) is 21.0 Å². The van der Waals surface area contributed by atoms with Gasteiger partial charge in [-0.05, 0) is 37.1 Å². The summed E-state index contributed by atoms with van der Waals surface area (Å²) < 4.78 is 27.6. The van der Waals surface area contributed by atoms with Gasteiger partial charge >= 0.3 is 0 Å². The van der Waals surface area contributed by atoms with Crippen LogP contribution in [0.5, 0.6) is 0 Å². The molecule has 1 saturated carbocycles. The summed E-state index contributed by atoms with van der Waals surface area (Å²) in [5.74, 6) is -0.998. The summed E-state index contributed by atoms with van der Waals surface area (Å²) in [6.45, 7) is 0. The van der Waals surface area contributed by atoms with E-state index in [1.165, 1.54) is 31.4 Å². The molecule has 1 fully saturated rings. The lowest BCUT2D eigenvalue weighted by atomic mass is 9.96. The molecule has 0 atom stereocenters. The maximum atomic E-state index is 14.1. The third-order valence-corrected chi connectivity index (χ3v) is 4.84. The predicted octanol–water partition coefficient (Wildman–Crippen LogP) is 5.31. The summed E-state index contributed by atoms with van der Waals surface area (Å²) in [5, 5.41) is 6.27. The molecule has 2 aromatic heterocycles. The zero-order valence-corrected chi connectivity index (χ0v) is 15.3. The van der Waals surface area contributed by atoms with E-state index < -0.39 is 11.6 Å². The van der Waals surface area contributed by atoms with E-state index in [-0.39, 0.29) is 5.69 Å². The molecule has 28 heavy (non-hydrogen) atoms. The number of nitrogens with one attached hydrogen (secondary N) is 2. The largest absolute Gasteiger partial charge is 0.351 e. The van der Waals surface area contributed by atoms with Gasteiger partial charge in [0.2, 0.25) is 5.95 Å². The molecule has 144 valence electrons. The van der Waals surface area contributed by atoms with Crippen molar-refractivity contribution in [2.75, 3.05) is 10.6 Å². The van der Waals surface area contributed by atoms with E-state index in [0.29, 0.717) is 23.5 Å². The Hall–Kier alpha value is -3.09. The van der Waals surface area contributed by atoms with Crippen LogP contribution in [-0.2, 0) is 0 Å². The first-order valence-corrected chi connectivity index (χ1v) is 9.46. The fraction of sp³-hybridized carbons (Fsp3) is 0.286. The Labute approximate surface area is 162 Å². The highest BCUT2D eigenvalue weighted by Crippen LogP contribution is 2.27. The number of aromatic nitrogens is 3. The third kappa shape index (κ3) is 4.24. The molecule has 1 aliphatic rings. The number of anilines is 3. The van der Waals surface area contributed by atoms with Gasteiger partial charge in [-0.2, -0.15) is 4.98 Å². The molecule has 3 aromatic rings. The van der Waals surface area contributed by atoms with Gasteiger partial charge in [-0.3, -0.25) is 4.98 Å². The number of halogens is 2.